The lowest BCUT2D eigenvalue weighted by Crippen LogP contribution is -2.22. The van der Waals surface area contributed by atoms with Gasteiger partial charge in [-0.05, 0) is 30.3 Å². The van der Waals surface area contributed by atoms with Crippen LogP contribution in [0, 0.1) is 11.6 Å². The normalized spacial score (nSPS) is 11.7. The molecule has 3 aromatic rings. The third-order valence-electron chi connectivity index (χ3n) is 4.65. The lowest BCUT2D eigenvalue weighted by atomic mass is 10.1. The van der Waals surface area contributed by atoms with Crippen LogP contribution >= 0.6 is 11.6 Å². The van der Waals surface area contributed by atoms with Crippen molar-refractivity contribution in [3.63, 3.8) is 0 Å². The van der Waals surface area contributed by atoms with E-state index in [1.165, 1.54) is 25.6 Å². The standard InChI is InChI=1S/C21H24ClF2N3O3Si/c1-29-20-17(24)10-14(21(28)26-13-5-6-16(23)15(22)9-13)19-18(20)25-11-27(19)12-30-7-8-31(2,3)4/h5-6,9-11H,7-8,12H2,1-4H3,(H,26,28). The number of imidazole rings is 1. The Balaban J connectivity index is 1.94. The minimum absolute atomic E-state index is 0.0417. The van der Waals surface area contributed by atoms with Crippen LogP contribution in [0.4, 0.5) is 14.5 Å². The van der Waals surface area contributed by atoms with Crippen LogP contribution in [0.1, 0.15) is 10.4 Å². The number of aromatic nitrogens is 2. The van der Waals surface area contributed by atoms with E-state index in [9.17, 15) is 13.6 Å². The van der Waals surface area contributed by atoms with Crippen molar-refractivity contribution >= 4 is 42.3 Å². The minimum atomic E-state index is -1.26. The number of halogens is 3. The lowest BCUT2D eigenvalue weighted by molar-refractivity contribution is 0.0895. The molecule has 31 heavy (non-hydrogen) atoms. The second-order valence-corrected chi connectivity index (χ2v) is 14.3. The number of carbonyl (C=O) groups is 1. The molecular weight excluding hydrogens is 444 g/mol. The summed E-state index contributed by atoms with van der Waals surface area (Å²) in [6, 6.07) is 5.85. The van der Waals surface area contributed by atoms with Gasteiger partial charge < -0.3 is 19.4 Å². The van der Waals surface area contributed by atoms with E-state index in [0.717, 1.165) is 18.2 Å². The van der Waals surface area contributed by atoms with Crippen molar-refractivity contribution in [3.05, 3.63) is 52.8 Å². The number of fused-ring (bicyclic) bond motifs is 1. The van der Waals surface area contributed by atoms with Gasteiger partial charge in [0.05, 0.1) is 29.5 Å². The Kier molecular flexibility index (Phi) is 6.98. The summed E-state index contributed by atoms with van der Waals surface area (Å²) in [5.74, 6) is -1.98. The molecule has 0 saturated carbocycles. The number of carbonyl (C=O) groups excluding carboxylic acids is 1. The van der Waals surface area contributed by atoms with Crippen molar-refractivity contribution in [3.8, 4) is 5.75 Å². The van der Waals surface area contributed by atoms with Crippen molar-refractivity contribution in [2.24, 2.45) is 0 Å². The minimum Gasteiger partial charge on any atom is -0.491 e. The van der Waals surface area contributed by atoms with Gasteiger partial charge in [0, 0.05) is 20.4 Å². The molecular formula is C21H24ClF2N3O3Si. The smallest absolute Gasteiger partial charge is 0.257 e. The van der Waals surface area contributed by atoms with Gasteiger partial charge in [-0.25, -0.2) is 13.8 Å². The van der Waals surface area contributed by atoms with Crippen molar-refractivity contribution in [1.82, 2.24) is 9.55 Å². The van der Waals surface area contributed by atoms with E-state index in [4.69, 9.17) is 21.1 Å². The quantitative estimate of drug-likeness (QED) is 0.349. The Morgan fingerprint density at radius 3 is 2.61 bits per heavy atom. The fourth-order valence-corrected chi connectivity index (χ4v) is 3.92. The molecule has 0 spiro atoms. The first kappa shape index (κ1) is 23.2. The third kappa shape index (κ3) is 5.41. The van der Waals surface area contributed by atoms with Gasteiger partial charge in [0.1, 0.15) is 18.1 Å². The first-order valence-corrected chi connectivity index (χ1v) is 13.7. The van der Waals surface area contributed by atoms with Crippen LogP contribution in [0.15, 0.2) is 30.6 Å². The molecule has 0 aliphatic heterocycles. The average molecular weight is 468 g/mol. The number of nitrogens with one attached hydrogen (secondary N) is 1. The number of amides is 1. The Morgan fingerprint density at radius 1 is 1.23 bits per heavy atom. The molecule has 10 heteroatoms. The summed E-state index contributed by atoms with van der Waals surface area (Å²) >= 11 is 5.78. The maximum atomic E-state index is 14.6. The Labute approximate surface area is 185 Å². The molecule has 0 radical (unpaired) electrons. The Hall–Kier alpha value is -2.49. The molecule has 0 atom stereocenters. The van der Waals surface area contributed by atoms with Crippen LogP contribution in [-0.4, -0.2) is 37.2 Å². The van der Waals surface area contributed by atoms with Gasteiger partial charge in [0.2, 0.25) is 0 Å². The van der Waals surface area contributed by atoms with Gasteiger partial charge in [0.15, 0.2) is 11.6 Å². The highest BCUT2D eigenvalue weighted by Gasteiger charge is 2.22. The zero-order valence-corrected chi connectivity index (χ0v) is 19.5. The van der Waals surface area contributed by atoms with E-state index in [0.29, 0.717) is 12.1 Å². The predicted octanol–water partition coefficient (Wildman–Crippen LogP) is 5.54. The van der Waals surface area contributed by atoms with Crippen LogP contribution < -0.4 is 10.1 Å². The molecule has 0 unspecified atom stereocenters. The van der Waals surface area contributed by atoms with Crippen molar-refractivity contribution < 1.29 is 23.0 Å². The maximum Gasteiger partial charge on any atom is 0.257 e. The fourth-order valence-electron chi connectivity index (χ4n) is 2.98. The van der Waals surface area contributed by atoms with Gasteiger partial charge in [0.25, 0.3) is 5.91 Å². The van der Waals surface area contributed by atoms with Crippen LogP contribution in [0.25, 0.3) is 11.0 Å². The number of ether oxygens (including phenoxy) is 2. The van der Waals surface area contributed by atoms with Gasteiger partial charge in [-0.15, -0.1) is 0 Å². The molecule has 1 amide bonds. The summed E-state index contributed by atoms with van der Waals surface area (Å²) in [5.41, 5.74) is 0.897. The van der Waals surface area contributed by atoms with E-state index in [-0.39, 0.29) is 34.3 Å². The number of methoxy groups -OCH3 is 1. The summed E-state index contributed by atoms with van der Waals surface area (Å²) in [6.45, 7) is 7.48. The van der Waals surface area contributed by atoms with Gasteiger partial charge in [-0.3, -0.25) is 4.79 Å². The highest BCUT2D eigenvalue weighted by atomic mass is 35.5. The predicted molar refractivity (Wildman–Crippen MR) is 120 cm³/mol. The number of nitrogens with zero attached hydrogens (tertiary/aromatic N) is 2. The first-order valence-electron chi connectivity index (χ1n) is 9.66. The van der Waals surface area contributed by atoms with Gasteiger partial charge in [-0.2, -0.15) is 0 Å². The zero-order chi connectivity index (χ0) is 22.8. The molecule has 1 heterocycles. The van der Waals surface area contributed by atoms with Crippen molar-refractivity contribution in [1.29, 1.82) is 0 Å². The van der Waals surface area contributed by atoms with E-state index >= 15 is 0 Å². The Morgan fingerprint density at radius 2 is 1.97 bits per heavy atom. The van der Waals surface area contributed by atoms with Crippen molar-refractivity contribution in [2.75, 3.05) is 19.0 Å². The number of anilines is 1. The van der Waals surface area contributed by atoms with E-state index < -0.39 is 25.6 Å². The second kappa shape index (κ2) is 9.33. The highest BCUT2D eigenvalue weighted by molar-refractivity contribution is 6.76. The van der Waals surface area contributed by atoms with Gasteiger partial charge in [-0.1, -0.05) is 31.2 Å². The molecule has 0 fully saturated rings. The number of hydrogen-bond donors (Lipinski definition) is 1. The lowest BCUT2D eigenvalue weighted by Gasteiger charge is -2.16. The largest absolute Gasteiger partial charge is 0.491 e. The molecule has 0 aliphatic rings. The summed E-state index contributed by atoms with van der Waals surface area (Å²) in [5, 5.41) is 2.48. The molecule has 1 N–H and O–H groups in total. The first-order chi connectivity index (χ1) is 14.6. The molecule has 6 nitrogen and oxygen atoms in total. The molecule has 1 aromatic heterocycles. The fraction of sp³-hybridized carbons (Fsp3) is 0.333. The molecule has 0 saturated heterocycles. The van der Waals surface area contributed by atoms with Gasteiger partial charge >= 0.3 is 0 Å². The molecule has 0 aliphatic carbocycles. The molecule has 3 rings (SSSR count). The third-order valence-corrected chi connectivity index (χ3v) is 6.64. The van der Waals surface area contributed by atoms with Crippen molar-refractivity contribution in [2.45, 2.75) is 32.4 Å². The summed E-state index contributed by atoms with van der Waals surface area (Å²) in [4.78, 5) is 17.2. The SMILES string of the molecule is COc1c(F)cc(C(=O)Nc2ccc(F)c(Cl)c2)c2c1ncn2COCC[Si](C)(C)C. The summed E-state index contributed by atoms with van der Waals surface area (Å²) in [6.07, 6.45) is 1.48. The summed E-state index contributed by atoms with van der Waals surface area (Å²) < 4.78 is 40.6. The van der Waals surface area contributed by atoms with Crippen LogP contribution in [-0.2, 0) is 11.5 Å². The zero-order valence-electron chi connectivity index (χ0n) is 17.8. The monoisotopic (exact) mass is 467 g/mol. The molecule has 166 valence electrons. The van der Waals surface area contributed by atoms with E-state index in [1.807, 2.05) is 0 Å². The van der Waals surface area contributed by atoms with E-state index in [1.54, 1.807) is 4.57 Å². The maximum absolute atomic E-state index is 14.6. The highest BCUT2D eigenvalue weighted by Crippen LogP contribution is 2.31. The topological polar surface area (TPSA) is 65.4 Å². The second-order valence-electron chi connectivity index (χ2n) is 8.28. The number of benzene rings is 2. The Bertz CT molecular complexity index is 1120. The molecule has 0 bridgehead atoms. The summed E-state index contributed by atoms with van der Waals surface area (Å²) in [7, 11) is 0.0779. The van der Waals surface area contributed by atoms with Crippen LogP contribution in [0.3, 0.4) is 0 Å². The van der Waals surface area contributed by atoms with Crippen LogP contribution in [0.2, 0.25) is 30.7 Å². The van der Waals surface area contributed by atoms with E-state index in [2.05, 4.69) is 29.9 Å². The molecule has 2 aromatic carbocycles. The van der Waals surface area contributed by atoms with Crippen LogP contribution in [0.5, 0.6) is 5.75 Å². The number of hydrogen-bond acceptors (Lipinski definition) is 4. The number of rotatable bonds is 8. The average Bonchev–Trinajstić information content (AvgIpc) is 3.10.